The first-order chi connectivity index (χ1) is 9.06. The Kier molecular flexibility index (Phi) is 5.06. The van der Waals surface area contributed by atoms with Crippen LogP contribution in [0.1, 0.15) is 43.4 Å². The molecule has 0 aliphatic carbocycles. The minimum Gasteiger partial charge on any atom is -0.305 e. The zero-order valence-corrected chi connectivity index (χ0v) is 14.3. The van der Waals surface area contributed by atoms with Crippen LogP contribution in [0.15, 0.2) is 22.1 Å². The minimum atomic E-state index is 0.0665. The Morgan fingerprint density at radius 1 is 1.53 bits per heavy atom. The van der Waals surface area contributed by atoms with Gasteiger partial charge in [-0.05, 0) is 47.8 Å². The van der Waals surface area contributed by atoms with E-state index in [9.17, 15) is 0 Å². The summed E-state index contributed by atoms with van der Waals surface area (Å²) in [6.45, 7) is 7.22. The summed E-state index contributed by atoms with van der Waals surface area (Å²) >= 11 is 11.6. The summed E-state index contributed by atoms with van der Waals surface area (Å²) in [6, 6.07) is 2.31. The van der Waals surface area contributed by atoms with Crippen LogP contribution in [-0.2, 0) is 0 Å². The lowest BCUT2D eigenvalue weighted by molar-refractivity contribution is 0.477. The molecule has 0 radical (unpaired) electrons. The Hall–Kier alpha value is -0.360. The molecule has 0 amide bonds. The van der Waals surface area contributed by atoms with Gasteiger partial charge in [-0.2, -0.15) is 5.10 Å². The quantitative estimate of drug-likeness (QED) is 0.839. The van der Waals surface area contributed by atoms with Gasteiger partial charge in [-0.25, -0.2) is 0 Å². The van der Waals surface area contributed by atoms with Gasteiger partial charge in [0.05, 0.1) is 27.4 Å². The highest BCUT2D eigenvalue weighted by Gasteiger charge is 2.25. The van der Waals surface area contributed by atoms with Crippen LogP contribution in [-0.4, -0.2) is 16.3 Å². The van der Waals surface area contributed by atoms with Crippen LogP contribution in [0.3, 0.4) is 0 Å². The molecule has 0 aliphatic rings. The third-order valence-corrected chi connectivity index (χ3v) is 4.90. The monoisotopic (exact) mass is 361 g/mol. The summed E-state index contributed by atoms with van der Waals surface area (Å²) in [6.07, 6.45) is 1.85. The van der Waals surface area contributed by atoms with Gasteiger partial charge >= 0.3 is 0 Å². The van der Waals surface area contributed by atoms with Gasteiger partial charge in [0, 0.05) is 10.9 Å². The molecular formula is C13H17BrClN3S. The van der Waals surface area contributed by atoms with Crippen molar-refractivity contribution in [3.63, 3.8) is 0 Å². The van der Waals surface area contributed by atoms with Crippen molar-refractivity contribution in [2.45, 2.75) is 32.9 Å². The predicted octanol–water partition coefficient (Wildman–Crippen LogP) is 4.64. The summed E-state index contributed by atoms with van der Waals surface area (Å²) in [5, 5.41) is 10.8. The van der Waals surface area contributed by atoms with E-state index < -0.39 is 0 Å². The van der Waals surface area contributed by atoms with E-state index in [1.54, 1.807) is 11.3 Å². The molecule has 1 atom stereocenters. The minimum absolute atomic E-state index is 0.0665. The van der Waals surface area contributed by atoms with Crippen molar-refractivity contribution in [1.29, 1.82) is 0 Å². The third kappa shape index (κ3) is 3.05. The highest BCUT2D eigenvalue weighted by Crippen LogP contribution is 2.36. The molecule has 0 aliphatic heterocycles. The third-order valence-electron chi connectivity index (χ3n) is 2.86. The van der Waals surface area contributed by atoms with E-state index in [2.05, 4.69) is 47.1 Å². The molecule has 0 fully saturated rings. The average Bonchev–Trinajstić information content (AvgIpc) is 2.93. The fourth-order valence-electron chi connectivity index (χ4n) is 2.06. The molecule has 3 nitrogen and oxygen atoms in total. The largest absolute Gasteiger partial charge is 0.305 e. The molecule has 6 heteroatoms. The lowest BCUT2D eigenvalue weighted by atomic mass is 10.1. The summed E-state index contributed by atoms with van der Waals surface area (Å²) in [5.74, 6) is 0. The van der Waals surface area contributed by atoms with E-state index in [1.165, 1.54) is 0 Å². The summed E-state index contributed by atoms with van der Waals surface area (Å²) in [5.41, 5.74) is 1.13. The first-order valence-corrected chi connectivity index (χ1v) is 8.30. The second kappa shape index (κ2) is 6.39. The second-order valence-corrected chi connectivity index (χ2v) is 6.75. The summed E-state index contributed by atoms with van der Waals surface area (Å²) in [7, 11) is 0. The topological polar surface area (TPSA) is 29.9 Å². The van der Waals surface area contributed by atoms with Gasteiger partial charge in [0.2, 0.25) is 0 Å². The number of rotatable bonds is 5. The van der Waals surface area contributed by atoms with E-state index in [4.69, 9.17) is 11.6 Å². The van der Waals surface area contributed by atoms with Crippen molar-refractivity contribution in [1.82, 2.24) is 15.1 Å². The van der Waals surface area contributed by atoms with E-state index in [0.717, 1.165) is 26.6 Å². The number of hydrogen-bond acceptors (Lipinski definition) is 3. The number of hydrogen-bond donors (Lipinski definition) is 1. The van der Waals surface area contributed by atoms with E-state index in [1.807, 2.05) is 22.3 Å². The molecule has 104 valence electrons. The molecule has 2 aromatic heterocycles. The maximum absolute atomic E-state index is 6.30. The highest BCUT2D eigenvalue weighted by atomic mass is 79.9. The Balaban J connectivity index is 2.51. The number of nitrogens with zero attached hydrogens (tertiary/aromatic N) is 2. The first kappa shape index (κ1) is 15.0. The van der Waals surface area contributed by atoms with Gasteiger partial charge in [-0.3, -0.25) is 4.68 Å². The first-order valence-electron chi connectivity index (χ1n) is 6.25. The molecule has 0 saturated heterocycles. The number of nitrogens with one attached hydrogen (secondary N) is 1. The number of thiophene rings is 1. The molecule has 0 saturated carbocycles. The molecule has 1 N–H and O–H groups in total. The second-order valence-electron chi connectivity index (χ2n) is 4.54. The summed E-state index contributed by atoms with van der Waals surface area (Å²) in [4.78, 5) is 1.13. The molecule has 1 unspecified atom stereocenters. The normalized spacial score (nSPS) is 13.2. The van der Waals surface area contributed by atoms with Gasteiger partial charge < -0.3 is 5.32 Å². The van der Waals surface area contributed by atoms with Crippen LogP contribution in [0.5, 0.6) is 0 Å². The van der Waals surface area contributed by atoms with Crippen LogP contribution in [0, 0.1) is 0 Å². The lowest BCUT2D eigenvalue weighted by Gasteiger charge is -2.21. The van der Waals surface area contributed by atoms with E-state index in [0.29, 0.717) is 6.04 Å². The molecule has 19 heavy (non-hydrogen) atoms. The Bertz CT molecular complexity index is 550. The van der Waals surface area contributed by atoms with Gasteiger partial charge in [-0.15, -0.1) is 11.3 Å². The molecule has 2 rings (SSSR count). The Labute approximate surface area is 131 Å². The van der Waals surface area contributed by atoms with Crippen LogP contribution in [0.25, 0.3) is 0 Å². The standard InChI is InChI=1S/C13H17BrClN3S/c1-4-16-11(13-10(15)5-6-19-13)12-9(14)7-17-18(12)8(2)3/h5-8,11,16H,4H2,1-3H3. The lowest BCUT2D eigenvalue weighted by Crippen LogP contribution is -2.25. The van der Waals surface area contributed by atoms with Gasteiger partial charge in [-0.1, -0.05) is 18.5 Å². The number of halogens is 2. The van der Waals surface area contributed by atoms with Crippen molar-refractivity contribution in [2.75, 3.05) is 6.54 Å². The average molecular weight is 363 g/mol. The van der Waals surface area contributed by atoms with E-state index in [-0.39, 0.29) is 6.04 Å². The van der Waals surface area contributed by atoms with Crippen LogP contribution >= 0.6 is 38.9 Å². The molecule has 0 spiro atoms. The van der Waals surface area contributed by atoms with Crippen molar-refractivity contribution >= 4 is 38.9 Å². The Morgan fingerprint density at radius 2 is 2.26 bits per heavy atom. The van der Waals surface area contributed by atoms with Crippen molar-refractivity contribution in [3.05, 3.63) is 37.7 Å². The van der Waals surface area contributed by atoms with Crippen LogP contribution in [0.4, 0.5) is 0 Å². The van der Waals surface area contributed by atoms with Gasteiger partial charge in [0.1, 0.15) is 0 Å². The molecule has 0 aromatic carbocycles. The molecular weight excluding hydrogens is 346 g/mol. The fraction of sp³-hybridized carbons (Fsp3) is 0.462. The van der Waals surface area contributed by atoms with Crippen molar-refractivity contribution in [2.24, 2.45) is 0 Å². The fourth-order valence-corrected chi connectivity index (χ4v) is 3.81. The zero-order chi connectivity index (χ0) is 14.0. The zero-order valence-electron chi connectivity index (χ0n) is 11.2. The van der Waals surface area contributed by atoms with E-state index >= 15 is 0 Å². The molecule has 2 heterocycles. The SMILES string of the molecule is CCNC(c1sccc1Cl)c1c(Br)cnn1C(C)C. The van der Waals surface area contributed by atoms with Crippen molar-refractivity contribution in [3.8, 4) is 0 Å². The van der Waals surface area contributed by atoms with Gasteiger partial charge in [0.15, 0.2) is 0 Å². The maximum Gasteiger partial charge on any atom is 0.0868 e. The van der Waals surface area contributed by atoms with Crippen LogP contribution in [0.2, 0.25) is 5.02 Å². The predicted molar refractivity (Wildman–Crippen MR) is 85.2 cm³/mol. The Morgan fingerprint density at radius 3 is 2.79 bits per heavy atom. The van der Waals surface area contributed by atoms with Crippen LogP contribution < -0.4 is 5.32 Å². The number of aromatic nitrogens is 2. The highest BCUT2D eigenvalue weighted by molar-refractivity contribution is 9.10. The molecule has 2 aromatic rings. The molecule has 0 bridgehead atoms. The van der Waals surface area contributed by atoms with Gasteiger partial charge in [0.25, 0.3) is 0 Å². The maximum atomic E-state index is 6.30. The summed E-state index contributed by atoms with van der Waals surface area (Å²) < 4.78 is 3.05. The van der Waals surface area contributed by atoms with Crippen molar-refractivity contribution < 1.29 is 0 Å². The smallest absolute Gasteiger partial charge is 0.0868 e.